The maximum absolute atomic E-state index is 11.5. The van der Waals surface area contributed by atoms with Crippen LogP contribution in [0.4, 0.5) is 0 Å². The Morgan fingerprint density at radius 2 is 2.07 bits per heavy atom. The van der Waals surface area contributed by atoms with Crippen LogP contribution >= 0.6 is 0 Å². The summed E-state index contributed by atoms with van der Waals surface area (Å²) in [6.45, 7) is 3.19. The number of rotatable bonds is 8. The minimum atomic E-state index is -3.09. The van der Waals surface area contributed by atoms with Gasteiger partial charge in [-0.2, -0.15) is 0 Å². The van der Waals surface area contributed by atoms with Crippen LogP contribution in [0.1, 0.15) is 39.0 Å². The molecule has 3 N–H and O–H groups in total. The summed E-state index contributed by atoms with van der Waals surface area (Å²) in [5, 5.41) is 0. The van der Waals surface area contributed by atoms with Gasteiger partial charge in [0.05, 0.1) is 5.75 Å². The molecular formula is C10H22N2O2S. The van der Waals surface area contributed by atoms with E-state index in [1.165, 1.54) is 12.8 Å². The summed E-state index contributed by atoms with van der Waals surface area (Å²) in [7, 11) is -3.09. The first kappa shape index (κ1) is 12.9. The smallest absolute Gasteiger partial charge is 0.211 e. The molecular weight excluding hydrogens is 212 g/mol. The zero-order valence-corrected chi connectivity index (χ0v) is 10.3. The molecule has 0 saturated heterocycles. The molecule has 4 nitrogen and oxygen atoms in total. The van der Waals surface area contributed by atoms with Gasteiger partial charge in [-0.25, -0.2) is 13.1 Å². The standard InChI is InChI=1S/C10H22N2O2S/c1-2-4-10(5-6-10)9-12-15(13,14)8-3-7-11/h12H,2-9,11H2,1H3. The third-order valence-corrected chi connectivity index (χ3v) is 4.43. The van der Waals surface area contributed by atoms with Crippen LogP contribution in [-0.4, -0.2) is 27.3 Å². The topological polar surface area (TPSA) is 72.2 Å². The van der Waals surface area contributed by atoms with Crippen LogP contribution in [0.15, 0.2) is 0 Å². The van der Waals surface area contributed by atoms with Gasteiger partial charge >= 0.3 is 0 Å². The van der Waals surface area contributed by atoms with E-state index in [1.54, 1.807) is 0 Å². The summed E-state index contributed by atoms with van der Waals surface area (Å²) in [4.78, 5) is 0. The van der Waals surface area contributed by atoms with Gasteiger partial charge in [0.15, 0.2) is 0 Å². The van der Waals surface area contributed by atoms with E-state index < -0.39 is 10.0 Å². The molecule has 0 atom stereocenters. The second-order valence-corrected chi connectivity index (χ2v) is 6.46. The average molecular weight is 234 g/mol. The maximum atomic E-state index is 11.5. The summed E-state index contributed by atoms with van der Waals surface area (Å²) < 4.78 is 25.7. The Morgan fingerprint density at radius 1 is 1.40 bits per heavy atom. The van der Waals surface area contributed by atoms with Gasteiger partial charge in [-0.3, -0.25) is 0 Å². The summed E-state index contributed by atoms with van der Waals surface area (Å²) >= 11 is 0. The Labute approximate surface area is 92.7 Å². The summed E-state index contributed by atoms with van der Waals surface area (Å²) in [6, 6.07) is 0. The monoisotopic (exact) mass is 234 g/mol. The molecule has 90 valence electrons. The minimum Gasteiger partial charge on any atom is -0.330 e. The quantitative estimate of drug-likeness (QED) is 0.653. The van der Waals surface area contributed by atoms with Gasteiger partial charge in [-0.05, 0) is 37.6 Å². The lowest BCUT2D eigenvalue weighted by atomic mass is 10.0. The van der Waals surface area contributed by atoms with Crippen LogP contribution in [0.25, 0.3) is 0 Å². The SMILES string of the molecule is CCCC1(CNS(=O)(=O)CCCN)CC1. The molecule has 1 fully saturated rings. The lowest BCUT2D eigenvalue weighted by Gasteiger charge is -2.14. The van der Waals surface area contributed by atoms with E-state index in [0.717, 1.165) is 12.8 Å². The van der Waals surface area contributed by atoms with E-state index in [1.807, 2.05) is 0 Å². The second kappa shape index (κ2) is 5.27. The van der Waals surface area contributed by atoms with Crippen LogP contribution in [-0.2, 0) is 10.0 Å². The van der Waals surface area contributed by atoms with Crippen molar-refractivity contribution < 1.29 is 8.42 Å². The largest absolute Gasteiger partial charge is 0.330 e. The summed E-state index contributed by atoms with van der Waals surface area (Å²) in [6.07, 6.45) is 5.13. The van der Waals surface area contributed by atoms with Crippen molar-refractivity contribution in [2.75, 3.05) is 18.8 Å². The highest BCUT2D eigenvalue weighted by molar-refractivity contribution is 7.89. The Hall–Kier alpha value is -0.130. The first-order valence-electron chi connectivity index (χ1n) is 5.71. The first-order valence-corrected chi connectivity index (χ1v) is 7.36. The minimum absolute atomic E-state index is 0.158. The molecule has 0 aromatic rings. The van der Waals surface area contributed by atoms with Crippen molar-refractivity contribution in [2.24, 2.45) is 11.1 Å². The predicted molar refractivity (Wildman–Crippen MR) is 62.0 cm³/mol. The molecule has 5 heteroatoms. The molecule has 1 saturated carbocycles. The van der Waals surface area contributed by atoms with E-state index in [-0.39, 0.29) is 11.2 Å². The highest BCUT2D eigenvalue weighted by atomic mass is 32.2. The molecule has 0 aromatic heterocycles. The molecule has 0 spiro atoms. The van der Waals surface area contributed by atoms with Crippen molar-refractivity contribution in [3.8, 4) is 0 Å². The predicted octanol–water partition coefficient (Wildman–Crippen LogP) is 0.835. The Bertz CT molecular complexity index is 284. The number of hydrogen-bond donors (Lipinski definition) is 2. The summed E-state index contributed by atoms with van der Waals surface area (Å²) in [5.41, 5.74) is 5.57. The van der Waals surface area contributed by atoms with Crippen molar-refractivity contribution in [1.82, 2.24) is 4.72 Å². The lowest BCUT2D eigenvalue weighted by molar-refractivity contribution is 0.449. The number of nitrogens with one attached hydrogen (secondary N) is 1. The fourth-order valence-corrected chi connectivity index (χ4v) is 3.05. The molecule has 1 aliphatic rings. The number of nitrogens with two attached hydrogens (primary N) is 1. The molecule has 15 heavy (non-hydrogen) atoms. The van der Waals surface area contributed by atoms with Gasteiger partial charge in [0.25, 0.3) is 0 Å². The van der Waals surface area contributed by atoms with Crippen LogP contribution in [0.5, 0.6) is 0 Å². The Balaban J connectivity index is 2.30. The van der Waals surface area contributed by atoms with Crippen LogP contribution < -0.4 is 10.5 Å². The van der Waals surface area contributed by atoms with Crippen LogP contribution in [0.2, 0.25) is 0 Å². The van der Waals surface area contributed by atoms with Crippen molar-refractivity contribution in [3.63, 3.8) is 0 Å². The summed E-state index contributed by atoms with van der Waals surface area (Å²) in [5.74, 6) is 0.158. The Morgan fingerprint density at radius 3 is 2.53 bits per heavy atom. The van der Waals surface area contributed by atoms with E-state index in [2.05, 4.69) is 11.6 Å². The van der Waals surface area contributed by atoms with E-state index in [0.29, 0.717) is 19.5 Å². The zero-order valence-electron chi connectivity index (χ0n) is 9.46. The third kappa shape index (κ3) is 4.49. The maximum Gasteiger partial charge on any atom is 0.211 e. The highest BCUT2D eigenvalue weighted by Crippen LogP contribution is 2.48. The second-order valence-electron chi connectivity index (χ2n) is 4.53. The van der Waals surface area contributed by atoms with Crippen molar-refractivity contribution in [1.29, 1.82) is 0 Å². The van der Waals surface area contributed by atoms with Crippen LogP contribution in [0, 0.1) is 5.41 Å². The fourth-order valence-electron chi connectivity index (χ4n) is 1.83. The van der Waals surface area contributed by atoms with Crippen LogP contribution in [0.3, 0.4) is 0 Å². The molecule has 0 amide bonds. The van der Waals surface area contributed by atoms with E-state index in [4.69, 9.17) is 5.73 Å². The van der Waals surface area contributed by atoms with Crippen molar-refractivity contribution >= 4 is 10.0 Å². The van der Waals surface area contributed by atoms with Gasteiger partial charge in [0.2, 0.25) is 10.0 Å². The molecule has 0 unspecified atom stereocenters. The van der Waals surface area contributed by atoms with Gasteiger partial charge in [-0.15, -0.1) is 0 Å². The van der Waals surface area contributed by atoms with Crippen molar-refractivity contribution in [2.45, 2.75) is 39.0 Å². The molecule has 1 aliphatic carbocycles. The fraction of sp³-hybridized carbons (Fsp3) is 1.00. The average Bonchev–Trinajstić information content (AvgIpc) is 2.94. The third-order valence-electron chi connectivity index (χ3n) is 3.02. The molecule has 0 aromatic carbocycles. The van der Waals surface area contributed by atoms with Gasteiger partial charge in [0.1, 0.15) is 0 Å². The number of hydrogen-bond acceptors (Lipinski definition) is 3. The van der Waals surface area contributed by atoms with Crippen molar-refractivity contribution in [3.05, 3.63) is 0 Å². The molecule has 0 heterocycles. The molecule has 1 rings (SSSR count). The zero-order chi connectivity index (χ0) is 11.4. The van der Waals surface area contributed by atoms with Gasteiger partial charge < -0.3 is 5.73 Å². The van der Waals surface area contributed by atoms with Gasteiger partial charge in [-0.1, -0.05) is 13.3 Å². The molecule has 0 bridgehead atoms. The molecule has 0 radical (unpaired) electrons. The van der Waals surface area contributed by atoms with E-state index in [9.17, 15) is 8.42 Å². The van der Waals surface area contributed by atoms with E-state index >= 15 is 0 Å². The normalized spacial score (nSPS) is 19.1. The van der Waals surface area contributed by atoms with Gasteiger partial charge in [0, 0.05) is 6.54 Å². The Kier molecular flexibility index (Phi) is 4.55. The first-order chi connectivity index (χ1) is 7.04. The molecule has 0 aliphatic heterocycles. The number of sulfonamides is 1. The lowest BCUT2D eigenvalue weighted by Crippen LogP contribution is -2.32. The highest BCUT2D eigenvalue weighted by Gasteiger charge is 2.41.